The van der Waals surface area contributed by atoms with E-state index >= 15 is 0 Å². The highest BCUT2D eigenvalue weighted by Gasteiger charge is 2.17. The second kappa shape index (κ2) is 4.49. The molecule has 0 bridgehead atoms. The normalized spacial score (nSPS) is 10.9. The lowest BCUT2D eigenvalue weighted by Crippen LogP contribution is -1.97. The van der Waals surface area contributed by atoms with E-state index in [4.69, 9.17) is 0 Å². The highest BCUT2D eigenvalue weighted by molar-refractivity contribution is 5.95. The highest BCUT2D eigenvalue weighted by Crippen LogP contribution is 2.24. The van der Waals surface area contributed by atoms with Gasteiger partial charge in [-0.3, -0.25) is 4.40 Å². The van der Waals surface area contributed by atoms with Gasteiger partial charge in [0.05, 0.1) is 5.52 Å². The lowest BCUT2D eigenvalue weighted by atomic mass is 10.1. The minimum absolute atomic E-state index is 0.0847. The van der Waals surface area contributed by atoms with Crippen molar-refractivity contribution in [1.82, 2.24) is 9.38 Å². The summed E-state index contributed by atoms with van der Waals surface area (Å²) in [7, 11) is 0. The molecule has 20 heavy (non-hydrogen) atoms. The van der Waals surface area contributed by atoms with Crippen LogP contribution in [0.2, 0.25) is 0 Å². The second-order valence-corrected chi connectivity index (χ2v) is 4.92. The average molecular weight is 266 g/mol. The summed E-state index contributed by atoms with van der Waals surface area (Å²) in [5.41, 5.74) is 3.78. The topological polar surface area (TPSA) is 54.6 Å². The molecule has 0 fully saturated rings. The zero-order valence-corrected chi connectivity index (χ0v) is 11.3. The standard InChI is InChI=1S/C16H14N2O2/c1-10-4-3-5-12(8-10)15-17-14(16(19)20)13-7-6-11(2)9-18(13)15/h3-9H,1-2H3,(H,19,20). The summed E-state index contributed by atoms with van der Waals surface area (Å²) < 4.78 is 1.84. The Morgan fingerprint density at radius 1 is 1.15 bits per heavy atom. The molecule has 0 atom stereocenters. The molecule has 0 amide bonds. The minimum atomic E-state index is -1.01. The number of aromatic nitrogens is 2. The quantitative estimate of drug-likeness (QED) is 0.774. The maximum atomic E-state index is 11.3. The molecule has 1 N–H and O–H groups in total. The van der Waals surface area contributed by atoms with Crippen LogP contribution in [0, 0.1) is 13.8 Å². The Kier molecular flexibility index (Phi) is 2.79. The maximum Gasteiger partial charge on any atom is 0.356 e. The molecule has 0 radical (unpaired) electrons. The lowest BCUT2D eigenvalue weighted by molar-refractivity contribution is 0.0693. The molecule has 3 rings (SSSR count). The number of pyridine rings is 1. The zero-order chi connectivity index (χ0) is 14.3. The molecule has 2 heterocycles. The van der Waals surface area contributed by atoms with E-state index < -0.39 is 5.97 Å². The van der Waals surface area contributed by atoms with Crippen LogP contribution >= 0.6 is 0 Å². The van der Waals surface area contributed by atoms with Gasteiger partial charge in [0.1, 0.15) is 5.82 Å². The second-order valence-electron chi connectivity index (χ2n) is 4.92. The number of aromatic carboxylic acids is 1. The third-order valence-corrected chi connectivity index (χ3v) is 3.26. The van der Waals surface area contributed by atoms with Crippen molar-refractivity contribution in [3.05, 3.63) is 59.4 Å². The number of nitrogens with zero attached hydrogens (tertiary/aromatic N) is 2. The van der Waals surface area contributed by atoms with Crippen LogP contribution < -0.4 is 0 Å². The highest BCUT2D eigenvalue weighted by atomic mass is 16.4. The summed E-state index contributed by atoms with van der Waals surface area (Å²) in [6, 6.07) is 11.6. The number of carboxylic acids is 1. The third-order valence-electron chi connectivity index (χ3n) is 3.26. The molecular formula is C16H14N2O2. The molecule has 1 aromatic carbocycles. The van der Waals surface area contributed by atoms with E-state index in [1.165, 1.54) is 0 Å². The fourth-order valence-electron chi connectivity index (χ4n) is 2.34. The summed E-state index contributed by atoms with van der Waals surface area (Å²) in [4.78, 5) is 15.6. The van der Waals surface area contributed by atoms with Crippen molar-refractivity contribution in [1.29, 1.82) is 0 Å². The fourth-order valence-corrected chi connectivity index (χ4v) is 2.34. The first kappa shape index (κ1) is 12.4. The SMILES string of the molecule is Cc1cccc(-c2nc(C(=O)O)c3ccc(C)cn23)c1. The number of benzene rings is 1. The molecular weight excluding hydrogens is 252 g/mol. The van der Waals surface area contributed by atoms with Crippen LogP contribution in [0.15, 0.2) is 42.6 Å². The molecule has 3 aromatic rings. The fraction of sp³-hybridized carbons (Fsp3) is 0.125. The third kappa shape index (κ3) is 1.95. The van der Waals surface area contributed by atoms with Crippen molar-refractivity contribution in [2.75, 3.05) is 0 Å². The predicted molar refractivity (Wildman–Crippen MR) is 77.1 cm³/mol. The van der Waals surface area contributed by atoms with E-state index in [-0.39, 0.29) is 5.69 Å². The number of carboxylic acid groups (broad SMARTS) is 1. The van der Waals surface area contributed by atoms with E-state index in [0.717, 1.165) is 16.7 Å². The summed E-state index contributed by atoms with van der Waals surface area (Å²) in [6.07, 6.45) is 1.91. The molecule has 2 aromatic heterocycles. The van der Waals surface area contributed by atoms with Gasteiger partial charge in [-0.25, -0.2) is 9.78 Å². The molecule has 0 unspecified atom stereocenters. The number of aryl methyl sites for hydroxylation is 2. The average Bonchev–Trinajstić information content (AvgIpc) is 2.77. The van der Waals surface area contributed by atoms with E-state index in [1.54, 1.807) is 6.07 Å². The van der Waals surface area contributed by atoms with Crippen molar-refractivity contribution >= 4 is 11.5 Å². The molecule has 0 aliphatic rings. The number of imidazole rings is 1. The van der Waals surface area contributed by atoms with Crippen LogP contribution in [0.4, 0.5) is 0 Å². The molecule has 0 saturated heterocycles. The van der Waals surface area contributed by atoms with E-state index in [1.807, 2.05) is 54.8 Å². The summed E-state index contributed by atoms with van der Waals surface area (Å²) in [6.45, 7) is 3.97. The zero-order valence-electron chi connectivity index (χ0n) is 11.3. The summed E-state index contributed by atoms with van der Waals surface area (Å²) in [5, 5.41) is 9.29. The first-order valence-electron chi connectivity index (χ1n) is 6.35. The van der Waals surface area contributed by atoms with Gasteiger partial charge in [0.15, 0.2) is 5.69 Å². The lowest BCUT2D eigenvalue weighted by Gasteiger charge is -2.03. The van der Waals surface area contributed by atoms with Gasteiger partial charge in [0, 0.05) is 11.8 Å². The number of carbonyl (C=O) groups is 1. The Balaban J connectivity index is 2.35. The summed E-state index contributed by atoms with van der Waals surface area (Å²) >= 11 is 0. The number of rotatable bonds is 2. The number of fused-ring (bicyclic) bond motifs is 1. The Bertz CT molecular complexity index is 818. The minimum Gasteiger partial charge on any atom is -0.476 e. The van der Waals surface area contributed by atoms with Crippen molar-refractivity contribution in [2.24, 2.45) is 0 Å². The van der Waals surface area contributed by atoms with Crippen LogP contribution in [-0.2, 0) is 0 Å². The number of hydrogen-bond donors (Lipinski definition) is 1. The van der Waals surface area contributed by atoms with Gasteiger partial charge in [-0.2, -0.15) is 0 Å². The van der Waals surface area contributed by atoms with E-state index in [9.17, 15) is 9.90 Å². The largest absolute Gasteiger partial charge is 0.476 e. The van der Waals surface area contributed by atoms with E-state index in [2.05, 4.69) is 4.98 Å². The van der Waals surface area contributed by atoms with Crippen molar-refractivity contribution in [3.63, 3.8) is 0 Å². The van der Waals surface area contributed by atoms with Gasteiger partial charge in [0.25, 0.3) is 0 Å². The van der Waals surface area contributed by atoms with E-state index in [0.29, 0.717) is 11.3 Å². The monoisotopic (exact) mass is 266 g/mol. The van der Waals surface area contributed by atoms with Crippen molar-refractivity contribution < 1.29 is 9.90 Å². The smallest absolute Gasteiger partial charge is 0.356 e. The Morgan fingerprint density at radius 3 is 2.65 bits per heavy atom. The van der Waals surface area contributed by atoms with Crippen LogP contribution in [0.25, 0.3) is 16.9 Å². The van der Waals surface area contributed by atoms with Crippen molar-refractivity contribution in [2.45, 2.75) is 13.8 Å². The molecule has 0 aliphatic heterocycles. The maximum absolute atomic E-state index is 11.3. The van der Waals surface area contributed by atoms with Gasteiger partial charge in [0.2, 0.25) is 0 Å². The van der Waals surface area contributed by atoms with Gasteiger partial charge >= 0.3 is 5.97 Å². The summed E-state index contributed by atoms with van der Waals surface area (Å²) in [5.74, 6) is -0.352. The number of hydrogen-bond acceptors (Lipinski definition) is 2. The molecule has 100 valence electrons. The van der Waals surface area contributed by atoms with Gasteiger partial charge in [-0.1, -0.05) is 29.8 Å². The molecule has 0 saturated carbocycles. The van der Waals surface area contributed by atoms with Gasteiger partial charge in [-0.15, -0.1) is 0 Å². The molecule has 4 nitrogen and oxygen atoms in total. The Morgan fingerprint density at radius 2 is 1.95 bits per heavy atom. The van der Waals surface area contributed by atoms with Crippen molar-refractivity contribution in [3.8, 4) is 11.4 Å². The predicted octanol–water partition coefficient (Wildman–Crippen LogP) is 3.32. The molecule has 0 spiro atoms. The Labute approximate surface area is 116 Å². The Hall–Kier alpha value is -2.62. The van der Waals surface area contributed by atoms with Crippen LogP contribution in [-0.4, -0.2) is 20.5 Å². The van der Waals surface area contributed by atoms with Crippen LogP contribution in [0.3, 0.4) is 0 Å². The van der Waals surface area contributed by atoms with Crippen LogP contribution in [0.1, 0.15) is 21.6 Å². The molecule has 4 heteroatoms. The van der Waals surface area contributed by atoms with Crippen LogP contribution in [0.5, 0.6) is 0 Å². The van der Waals surface area contributed by atoms with Gasteiger partial charge in [-0.05, 0) is 31.5 Å². The first-order chi connectivity index (χ1) is 9.56. The van der Waals surface area contributed by atoms with Gasteiger partial charge < -0.3 is 5.11 Å². The first-order valence-corrected chi connectivity index (χ1v) is 6.35. The molecule has 0 aliphatic carbocycles.